The van der Waals surface area contributed by atoms with Crippen molar-refractivity contribution in [3.05, 3.63) is 59.7 Å². The van der Waals surface area contributed by atoms with Crippen molar-refractivity contribution in [3.8, 4) is 5.75 Å². The molecule has 1 aliphatic carbocycles. The van der Waals surface area contributed by atoms with Crippen LogP contribution in [0.3, 0.4) is 0 Å². The van der Waals surface area contributed by atoms with Gasteiger partial charge < -0.3 is 10.1 Å². The van der Waals surface area contributed by atoms with Crippen molar-refractivity contribution in [2.24, 2.45) is 5.92 Å². The molecule has 1 amide bonds. The van der Waals surface area contributed by atoms with Crippen LogP contribution >= 0.6 is 0 Å². The van der Waals surface area contributed by atoms with Crippen LogP contribution in [0.25, 0.3) is 0 Å². The molecule has 0 bridgehead atoms. The fraction of sp³-hybridized carbons (Fsp3) is 0.435. The smallest absolute Gasteiger partial charge is 0.243 e. The topological polar surface area (TPSA) is 75.7 Å². The molecule has 1 fully saturated rings. The lowest BCUT2D eigenvalue weighted by Gasteiger charge is -2.31. The van der Waals surface area contributed by atoms with Crippen molar-refractivity contribution in [1.82, 2.24) is 9.62 Å². The Hall–Kier alpha value is -2.38. The van der Waals surface area contributed by atoms with Crippen molar-refractivity contribution in [2.75, 3.05) is 19.7 Å². The van der Waals surface area contributed by atoms with Crippen LogP contribution in [0.2, 0.25) is 0 Å². The first kappa shape index (κ1) is 20.9. The Morgan fingerprint density at radius 2 is 1.77 bits per heavy atom. The zero-order chi connectivity index (χ0) is 21.1. The summed E-state index contributed by atoms with van der Waals surface area (Å²) in [5.74, 6) is 0.541. The molecular formula is C23H28N2O4S. The van der Waals surface area contributed by atoms with Gasteiger partial charge in [-0.05, 0) is 68.0 Å². The number of hydrogen-bond acceptors (Lipinski definition) is 4. The van der Waals surface area contributed by atoms with Crippen molar-refractivity contribution < 1.29 is 17.9 Å². The van der Waals surface area contributed by atoms with Crippen molar-refractivity contribution >= 4 is 15.9 Å². The molecular weight excluding hydrogens is 400 g/mol. The molecule has 1 saturated heterocycles. The quantitative estimate of drug-likeness (QED) is 0.766. The van der Waals surface area contributed by atoms with Gasteiger partial charge in [0.15, 0.2) is 0 Å². The zero-order valence-electron chi connectivity index (χ0n) is 17.2. The van der Waals surface area contributed by atoms with Crippen LogP contribution in [0.5, 0.6) is 5.75 Å². The zero-order valence-corrected chi connectivity index (χ0v) is 18.0. The molecule has 1 heterocycles. The summed E-state index contributed by atoms with van der Waals surface area (Å²) in [6.07, 6.45) is 2.99. The average Bonchev–Trinajstić information content (AvgIpc) is 3.17. The summed E-state index contributed by atoms with van der Waals surface area (Å²) in [5.41, 5.74) is 2.51. The van der Waals surface area contributed by atoms with Crippen molar-refractivity contribution in [2.45, 2.75) is 43.5 Å². The Kier molecular flexibility index (Phi) is 6.11. The third kappa shape index (κ3) is 4.23. The van der Waals surface area contributed by atoms with Gasteiger partial charge in [0.1, 0.15) is 5.75 Å². The molecule has 6 nitrogen and oxygen atoms in total. The van der Waals surface area contributed by atoms with Gasteiger partial charge in [0.05, 0.1) is 17.5 Å². The molecule has 4 rings (SSSR count). The third-order valence-electron chi connectivity index (χ3n) is 6.05. The number of carbonyl (C=O) groups is 1. The lowest BCUT2D eigenvalue weighted by atomic mass is 9.96. The van der Waals surface area contributed by atoms with E-state index >= 15 is 0 Å². The van der Waals surface area contributed by atoms with Gasteiger partial charge in [0, 0.05) is 19.0 Å². The Labute approximate surface area is 178 Å². The van der Waals surface area contributed by atoms with Gasteiger partial charge in [0.2, 0.25) is 15.9 Å². The van der Waals surface area contributed by atoms with E-state index in [4.69, 9.17) is 4.74 Å². The van der Waals surface area contributed by atoms with E-state index in [0.717, 1.165) is 12.8 Å². The van der Waals surface area contributed by atoms with Crippen LogP contribution in [0.4, 0.5) is 0 Å². The summed E-state index contributed by atoms with van der Waals surface area (Å²) in [6.45, 7) is 3.13. The third-order valence-corrected chi connectivity index (χ3v) is 7.96. The van der Waals surface area contributed by atoms with Gasteiger partial charge in [-0.1, -0.05) is 24.3 Å². The van der Waals surface area contributed by atoms with Crippen LogP contribution in [-0.2, 0) is 21.2 Å². The highest BCUT2D eigenvalue weighted by Crippen LogP contribution is 2.32. The van der Waals surface area contributed by atoms with E-state index in [9.17, 15) is 13.2 Å². The standard InChI is InChI=1S/C23H28N2O4S/c1-2-29-19-8-10-20(11-9-19)30(27,28)25-15-13-18(14-16-25)23(26)24-22-12-7-17-5-3-4-6-21(17)22/h3-6,8-11,18,22H,2,7,12-16H2,1H3,(H,24,26). The first-order chi connectivity index (χ1) is 14.5. The Morgan fingerprint density at radius 3 is 2.47 bits per heavy atom. The molecule has 0 spiro atoms. The summed E-state index contributed by atoms with van der Waals surface area (Å²) < 4.78 is 32.7. The molecule has 2 aliphatic rings. The number of sulfonamides is 1. The molecule has 0 saturated carbocycles. The number of nitrogens with zero attached hydrogens (tertiary/aromatic N) is 1. The van der Waals surface area contributed by atoms with E-state index in [-0.39, 0.29) is 22.8 Å². The number of nitrogens with one attached hydrogen (secondary N) is 1. The maximum atomic E-state index is 12.9. The Balaban J connectivity index is 1.34. The fourth-order valence-electron chi connectivity index (χ4n) is 4.38. The van der Waals surface area contributed by atoms with E-state index in [0.29, 0.717) is 38.3 Å². The lowest BCUT2D eigenvalue weighted by molar-refractivity contribution is -0.126. The second-order valence-corrected chi connectivity index (χ2v) is 9.82. The van der Waals surface area contributed by atoms with E-state index in [1.54, 1.807) is 24.3 Å². The van der Waals surface area contributed by atoms with Gasteiger partial charge >= 0.3 is 0 Å². The molecule has 30 heavy (non-hydrogen) atoms. The molecule has 1 atom stereocenters. The molecule has 1 unspecified atom stereocenters. The molecule has 2 aromatic carbocycles. The summed E-state index contributed by atoms with van der Waals surface area (Å²) >= 11 is 0. The molecule has 2 aromatic rings. The van der Waals surface area contributed by atoms with E-state index < -0.39 is 10.0 Å². The van der Waals surface area contributed by atoms with E-state index in [2.05, 4.69) is 17.4 Å². The van der Waals surface area contributed by atoms with Gasteiger partial charge in [-0.3, -0.25) is 4.79 Å². The van der Waals surface area contributed by atoms with Crippen LogP contribution in [-0.4, -0.2) is 38.3 Å². The summed E-state index contributed by atoms with van der Waals surface area (Å²) in [5, 5.41) is 3.19. The molecule has 1 N–H and O–H groups in total. The first-order valence-electron chi connectivity index (χ1n) is 10.6. The molecule has 0 radical (unpaired) electrons. The van der Waals surface area contributed by atoms with Gasteiger partial charge in [-0.25, -0.2) is 8.42 Å². The van der Waals surface area contributed by atoms with Crippen molar-refractivity contribution in [3.63, 3.8) is 0 Å². The minimum atomic E-state index is -3.56. The van der Waals surface area contributed by atoms with E-state index in [1.165, 1.54) is 15.4 Å². The number of fused-ring (bicyclic) bond motifs is 1. The molecule has 1 aliphatic heterocycles. The minimum Gasteiger partial charge on any atom is -0.494 e. The van der Waals surface area contributed by atoms with E-state index in [1.807, 2.05) is 19.1 Å². The number of benzene rings is 2. The highest BCUT2D eigenvalue weighted by atomic mass is 32.2. The normalized spacial score (nSPS) is 20.0. The Morgan fingerprint density at radius 1 is 1.07 bits per heavy atom. The number of hydrogen-bond donors (Lipinski definition) is 1. The van der Waals surface area contributed by atoms with Crippen LogP contribution < -0.4 is 10.1 Å². The van der Waals surface area contributed by atoms with Crippen LogP contribution in [0.15, 0.2) is 53.4 Å². The predicted octanol–water partition coefficient (Wildman–Crippen LogP) is 3.29. The molecule has 7 heteroatoms. The second kappa shape index (κ2) is 8.78. The monoisotopic (exact) mass is 428 g/mol. The maximum Gasteiger partial charge on any atom is 0.243 e. The fourth-order valence-corrected chi connectivity index (χ4v) is 5.85. The summed E-state index contributed by atoms with van der Waals surface area (Å²) in [7, 11) is -3.56. The SMILES string of the molecule is CCOc1ccc(S(=O)(=O)N2CCC(C(=O)NC3CCc4ccccc43)CC2)cc1. The highest BCUT2D eigenvalue weighted by molar-refractivity contribution is 7.89. The number of ether oxygens (including phenoxy) is 1. The summed E-state index contributed by atoms with van der Waals surface area (Å²) in [6, 6.07) is 14.8. The minimum absolute atomic E-state index is 0.0369. The number of aryl methyl sites for hydroxylation is 1. The van der Waals surface area contributed by atoms with Gasteiger partial charge in [0.25, 0.3) is 0 Å². The number of rotatable bonds is 6. The summed E-state index contributed by atoms with van der Waals surface area (Å²) in [4.78, 5) is 13.1. The predicted molar refractivity (Wildman–Crippen MR) is 115 cm³/mol. The molecule has 160 valence electrons. The van der Waals surface area contributed by atoms with Gasteiger partial charge in [-0.15, -0.1) is 0 Å². The van der Waals surface area contributed by atoms with Crippen LogP contribution in [0, 0.1) is 5.92 Å². The largest absolute Gasteiger partial charge is 0.494 e. The molecule has 0 aromatic heterocycles. The lowest BCUT2D eigenvalue weighted by Crippen LogP contribution is -2.43. The average molecular weight is 429 g/mol. The highest BCUT2D eigenvalue weighted by Gasteiger charge is 2.33. The van der Waals surface area contributed by atoms with Gasteiger partial charge in [-0.2, -0.15) is 4.31 Å². The first-order valence-corrected chi connectivity index (χ1v) is 12.0. The Bertz CT molecular complexity index is 996. The number of piperidine rings is 1. The number of carbonyl (C=O) groups excluding carboxylic acids is 1. The maximum absolute atomic E-state index is 12.9. The van der Waals surface area contributed by atoms with Crippen LogP contribution in [0.1, 0.15) is 43.4 Å². The second-order valence-electron chi connectivity index (χ2n) is 7.88. The number of amides is 1. The van der Waals surface area contributed by atoms with Crippen molar-refractivity contribution in [1.29, 1.82) is 0 Å².